The maximum atomic E-state index is 11.5. The van der Waals surface area contributed by atoms with Crippen LogP contribution in [0.2, 0.25) is 0 Å². The SMILES string of the molecule is C=CC(=O)Nc1ccc(-c2c(-c3ccc(=O)[nH]c3)c3c(N)ncnc3n2C)cc1. The number of fused-ring (bicyclic) bond motifs is 1. The summed E-state index contributed by atoms with van der Waals surface area (Å²) in [6, 6.07) is 10.6. The predicted octanol–water partition coefficient (Wildman–Crippen LogP) is 2.70. The van der Waals surface area contributed by atoms with E-state index in [0.29, 0.717) is 22.5 Å². The van der Waals surface area contributed by atoms with E-state index in [0.717, 1.165) is 22.4 Å². The van der Waals surface area contributed by atoms with Crippen molar-refractivity contribution in [2.45, 2.75) is 0 Å². The van der Waals surface area contributed by atoms with Gasteiger partial charge in [0.25, 0.3) is 0 Å². The molecule has 0 unspecified atom stereocenters. The Bertz CT molecular complexity index is 1280. The van der Waals surface area contributed by atoms with Gasteiger partial charge in [-0.05, 0) is 29.8 Å². The second kappa shape index (κ2) is 7.08. The number of aromatic nitrogens is 4. The zero-order chi connectivity index (χ0) is 20.5. The third kappa shape index (κ3) is 3.16. The number of aryl methyl sites for hydroxylation is 1. The molecule has 0 radical (unpaired) electrons. The number of benzene rings is 1. The topological polar surface area (TPSA) is 119 Å². The number of rotatable bonds is 4. The normalized spacial score (nSPS) is 10.8. The molecule has 4 N–H and O–H groups in total. The summed E-state index contributed by atoms with van der Waals surface area (Å²) in [5.41, 5.74) is 10.7. The van der Waals surface area contributed by atoms with Crippen molar-refractivity contribution in [3.63, 3.8) is 0 Å². The molecule has 0 saturated carbocycles. The van der Waals surface area contributed by atoms with E-state index in [-0.39, 0.29) is 11.5 Å². The van der Waals surface area contributed by atoms with Crippen LogP contribution in [-0.2, 0) is 11.8 Å². The van der Waals surface area contributed by atoms with E-state index in [1.54, 1.807) is 24.4 Å². The van der Waals surface area contributed by atoms with Crippen molar-refractivity contribution in [2.24, 2.45) is 7.05 Å². The summed E-state index contributed by atoms with van der Waals surface area (Å²) in [5, 5.41) is 3.44. The number of nitrogens with one attached hydrogen (secondary N) is 2. The molecule has 8 heteroatoms. The number of hydrogen-bond donors (Lipinski definition) is 3. The molecular weight excluding hydrogens is 368 g/mol. The standard InChI is InChI=1S/C21H18N6O2/c1-3-15(28)26-14-7-4-12(5-8-14)19-17(13-6-9-16(29)23-10-13)18-20(22)24-11-25-21(18)27(19)2/h3-11H,1H2,2H3,(H,23,29)(H,26,28)(H2,22,24,25). The zero-order valence-corrected chi connectivity index (χ0v) is 15.6. The minimum Gasteiger partial charge on any atom is -0.383 e. The Labute approximate surface area is 165 Å². The molecule has 0 fully saturated rings. The summed E-state index contributed by atoms with van der Waals surface area (Å²) in [7, 11) is 1.90. The summed E-state index contributed by atoms with van der Waals surface area (Å²) in [6.07, 6.45) is 4.28. The average Bonchev–Trinajstić information content (AvgIpc) is 3.03. The smallest absolute Gasteiger partial charge is 0.247 e. The minimum atomic E-state index is -0.278. The lowest BCUT2D eigenvalue weighted by molar-refractivity contribution is -0.111. The molecule has 1 aromatic carbocycles. The number of H-pyrrole nitrogens is 1. The first kappa shape index (κ1) is 18.2. The van der Waals surface area contributed by atoms with E-state index in [1.165, 1.54) is 18.5 Å². The highest BCUT2D eigenvalue weighted by Crippen LogP contribution is 2.41. The van der Waals surface area contributed by atoms with E-state index in [1.807, 2.05) is 23.7 Å². The van der Waals surface area contributed by atoms with Crippen LogP contribution in [0, 0.1) is 0 Å². The second-order valence-corrected chi connectivity index (χ2v) is 6.45. The molecule has 0 saturated heterocycles. The fourth-order valence-electron chi connectivity index (χ4n) is 3.37. The second-order valence-electron chi connectivity index (χ2n) is 6.45. The van der Waals surface area contributed by atoms with E-state index >= 15 is 0 Å². The summed E-state index contributed by atoms with van der Waals surface area (Å²) in [4.78, 5) is 34.3. The zero-order valence-electron chi connectivity index (χ0n) is 15.6. The maximum Gasteiger partial charge on any atom is 0.247 e. The van der Waals surface area contributed by atoms with Crippen molar-refractivity contribution in [1.82, 2.24) is 19.5 Å². The Morgan fingerprint density at radius 3 is 2.55 bits per heavy atom. The molecule has 3 aromatic heterocycles. The highest BCUT2D eigenvalue weighted by molar-refractivity contribution is 6.07. The quantitative estimate of drug-likeness (QED) is 0.466. The number of aromatic amines is 1. The average molecular weight is 386 g/mol. The molecular formula is C21H18N6O2. The first-order chi connectivity index (χ1) is 14.0. The lowest BCUT2D eigenvalue weighted by atomic mass is 10.00. The Hall–Kier alpha value is -4.20. The number of carbonyl (C=O) groups is 1. The van der Waals surface area contributed by atoms with Gasteiger partial charge in [-0.2, -0.15) is 0 Å². The third-order valence-electron chi connectivity index (χ3n) is 4.68. The number of hydrogen-bond acceptors (Lipinski definition) is 5. The van der Waals surface area contributed by atoms with Gasteiger partial charge in [-0.1, -0.05) is 18.7 Å². The summed E-state index contributed by atoms with van der Waals surface area (Å²) >= 11 is 0. The summed E-state index contributed by atoms with van der Waals surface area (Å²) < 4.78 is 1.94. The highest BCUT2D eigenvalue weighted by atomic mass is 16.1. The number of amides is 1. The maximum absolute atomic E-state index is 11.5. The molecule has 144 valence electrons. The predicted molar refractivity (Wildman–Crippen MR) is 113 cm³/mol. The van der Waals surface area contributed by atoms with E-state index in [4.69, 9.17) is 5.73 Å². The van der Waals surface area contributed by atoms with E-state index < -0.39 is 0 Å². The summed E-state index contributed by atoms with van der Waals surface area (Å²) in [5.74, 6) is 0.0762. The first-order valence-corrected chi connectivity index (χ1v) is 8.81. The molecule has 4 rings (SSSR count). The van der Waals surface area contributed by atoms with E-state index in [2.05, 4.69) is 26.8 Å². The lowest BCUT2D eigenvalue weighted by Crippen LogP contribution is -2.06. The van der Waals surface area contributed by atoms with Gasteiger partial charge in [-0.3, -0.25) is 9.59 Å². The number of anilines is 2. The molecule has 3 heterocycles. The highest BCUT2D eigenvalue weighted by Gasteiger charge is 2.21. The van der Waals surface area contributed by atoms with Crippen LogP contribution in [0.1, 0.15) is 0 Å². The third-order valence-corrected chi connectivity index (χ3v) is 4.68. The fourth-order valence-corrected chi connectivity index (χ4v) is 3.37. The fraction of sp³-hybridized carbons (Fsp3) is 0.0476. The van der Waals surface area contributed by atoms with Gasteiger partial charge in [-0.25, -0.2) is 9.97 Å². The largest absolute Gasteiger partial charge is 0.383 e. The van der Waals surface area contributed by atoms with Gasteiger partial charge in [0.2, 0.25) is 11.5 Å². The molecule has 0 bridgehead atoms. The first-order valence-electron chi connectivity index (χ1n) is 8.81. The number of pyridine rings is 1. The van der Waals surface area contributed by atoms with Crippen LogP contribution < -0.4 is 16.6 Å². The Kier molecular flexibility index (Phi) is 4.44. The van der Waals surface area contributed by atoms with Crippen molar-refractivity contribution in [1.29, 1.82) is 0 Å². The van der Waals surface area contributed by atoms with Gasteiger partial charge < -0.3 is 20.6 Å². The number of nitrogens with two attached hydrogens (primary N) is 1. The van der Waals surface area contributed by atoms with Crippen LogP contribution in [0.5, 0.6) is 0 Å². The number of nitrogens with zero attached hydrogens (tertiary/aromatic N) is 3. The van der Waals surface area contributed by atoms with Crippen molar-refractivity contribution in [3.05, 3.63) is 71.9 Å². The van der Waals surface area contributed by atoms with E-state index in [9.17, 15) is 9.59 Å². The van der Waals surface area contributed by atoms with Crippen LogP contribution in [0.15, 0.2) is 66.4 Å². The van der Waals surface area contributed by atoms with Crippen molar-refractivity contribution in [2.75, 3.05) is 11.1 Å². The minimum absolute atomic E-state index is 0.193. The molecule has 0 aliphatic heterocycles. The molecule has 4 aromatic rings. The van der Waals surface area contributed by atoms with Crippen LogP contribution in [0.3, 0.4) is 0 Å². The van der Waals surface area contributed by atoms with Gasteiger partial charge in [-0.15, -0.1) is 0 Å². The van der Waals surface area contributed by atoms with Crippen LogP contribution in [0.4, 0.5) is 11.5 Å². The Morgan fingerprint density at radius 1 is 1.17 bits per heavy atom. The molecule has 0 spiro atoms. The van der Waals surface area contributed by atoms with Crippen LogP contribution in [-0.4, -0.2) is 25.4 Å². The Morgan fingerprint density at radius 2 is 1.90 bits per heavy atom. The molecule has 0 atom stereocenters. The lowest BCUT2D eigenvalue weighted by Gasteiger charge is -2.10. The van der Waals surface area contributed by atoms with Crippen LogP contribution in [0.25, 0.3) is 33.4 Å². The molecule has 1 amide bonds. The number of carbonyl (C=O) groups excluding carboxylic acids is 1. The number of nitrogen functional groups attached to an aromatic ring is 1. The van der Waals surface area contributed by atoms with Gasteiger partial charge >= 0.3 is 0 Å². The van der Waals surface area contributed by atoms with Gasteiger partial charge in [0.1, 0.15) is 17.8 Å². The van der Waals surface area contributed by atoms with Crippen molar-refractivity contribution in [3.8, 4) is 22.4 Å². The Balaban J connectivity index is 1.95. The molecule has 8 nitrogen and oxygen atoms in total. The summed E-state index contributed by atoms with van der Waals surface area (Å²) in [6.45, 7) is 3.45. The van der Waals surface area contributed by atoms with Crippen LogP contribution >= 0.6 is 0 Å². The van der Waals surface area contributed by atoms with Gasteiger partial charge in [0.15, 0.2) is 0 Å². The monoisotopic (exact) mass is 386 g/mol. The van der Waals surface area contributed by atoms with Gasteiger partial charge in [0, 0.05) is 36.1 Å². The van der Waals surface area contributed by atoms with Crippen molar-refractivity contribution >= 4 is 28.4 Å². The van der Waals surface area contributed by atoms with Gasteiger partial charge in [0.05, 0.1) is 11.1 Å². The van der Waals surface area contributed by atoms with Crippen molar-refractivity contribution < 1.29 is 4.79 Å². The molecule has 0 aliphatic carbocycles. The molecule has 29 heavy (non-hydrogen) atoms. The molecule has 0 aliphatic rings.